The van der Waals surface area contributed by atoms with Gasteiger partial charge < -0.3 is 22.1 Å². The highest BCUT2D eigenvalue weighted by atomic mass is 16.2. The van der Waals surface area contributed by atoms with Crippen LogP contribution in [0, 0.1) is 0 Å². The van der Waals surface area contributed by atoms with Crippen LogP contribution >= 0.6 is 0 Å². The van der Waals surface area contributed by atoms with E-state index in [1.807, 2.05) is 12.1 Å². The lowest BCUT2D eigenvalue weighted by Gasteiger charge is -2.28. The zero-order valence-electron chi connectivity index (χ0n) is 21.8. The number of aromatic nitrogens is 6. The van der Waals surface area contributed by atoms with Crippen LogP contribution in [-0.4, -0.2) is 42.2 Å². The van der Waals surface area contributed by atoms with Crippen molar-refractivity contribution in [1.29, 1.82) is 0 Å². The summed E-state index contributed by atoms with van der Waals surface area (Å²) in [6, 6.07) is 14.2. The normalized spacial score (nSPS) is 16.7. The topological polar surface area (TPSA) is 188 Å². The molecule has 4 aromatic heterocycles. The molecular weight excluding hydrogens is 508 g/mol. The molecule has 1 aliphatic carbocycles. The lowest BCUT2D eigenvalue weighted by molar-refractivity contribution is -0.116. The van der Waals surface area contributed by atoms with Gasteiger partial charge in [-0.05, 0) is 67.8 Å². The molecule has 0 saturated heterocycles. The molecule has 0 radical (unpaired) electrons. The largest absolute Gasteiger partial charge is 0.397 e. The van der Waals surface area contributed by atoms with Crippen molar-refractivity contribution >= 4 is 34.8 Å². The minimum Gasteiger partial charge on any atom is -0.397 e. The first kappa shape index (κ1) is 26.6. The third kappa shape index (κ3) is 7.10. The first-order valence-electron chi connectivity index (χ1n) is 13.1. The van der Waals surface area contributed by atoms with Crippen LogP contribution in [0.15, 0.2) is 60.9 Å². The molecule has 1 saturated carbocycles. The second-order valence-electron chi connectivity index (χ2n) is 9.86. The van der Waals surface area contributed by atoms with Gasteiger partial charge in [-0.2, -0.15) is 10.2 Å². The first-order valence-corrected chi connectivity index (χ1v) is 13.1. The summed E-state index contributed by atoms with van der Waals surface area (Å²) in [5, 5.41) is 22.8. The van der Waals surface area contributed by atoms with Crippen LogP contribution in [0.2, 0.25) is 0 Å². The lowest BCUT2D eigenvalue weighted by atomic mass is 9.78. The molecule has 1 aliphatic rings. The summed E-state index contributed by atoms with van der Waals surface area (Å²) < 4.78 is 0. The van der Waals surface area contributed by atoms with E-state index in [4.69, 9.17) is 11.5 Å². The number of rotatable bonds is 8. The van der Waals surface area contributed by atoms with E-state index in [1.54, 1.807) is 36.4 Å². The van der Waals surface area contributed by atoms with Gasteiger partial charge in [-0.15, -0.1) is 10.2 Å². The first-order chi connectivity index (χ1) is 19.4. The predicted molar refractivity (Wildman–Crippen MR) is 150 cm³/mol. The van der Waals surface area contributed by atoms with Gasteiger partial charge in [0.15, 0.2) is 11.6 Å². The average Bonchev–Trinajstić information content (AvgIpc) is 2.96. The minimum atomic E-state index is -0.225. The van der Waals surface area contributed by atoms with Crippen molar-refractivity contribution in [3.05, 3.63) is 83.7 Å². The Balaban J connectivity index is 1.13. The number of anilines is 4. The van der Waals surface area contributed by atoms with Crippen LogP contribution in [0.4, 0.5) is 23.0 Å². The zero-order chi connectivity index (χ0) is 27.9. The fraction of sp³-hybridized carbons (Fsp3) is 0.286. The third-order valence-electron chi connectivity index (χ3n) is 6.79. The van der Waals surface area contributed by atoms with Crippen LogP contribution in [-0.2, 0) is 22.4 Å². The second kappa shape index (κ2) is 12.2. The van der Waals surface area contributed by atoms with Crippen LogP contribution < -0.4 is 22.1 Å². The van der Waals surface area contributed by atoms with Gasteiger partial charge >= 0.3 is 0 Å². The van der Waals surface area contributed by atoms with Gasteiger partial charge in [0, 0.05) is 23.2 Å². The fourth-order valence-corrected chi connectivity index (χ4v) is 4.77. The molecule has 4 aromatic rings. The van der Waals surface area contributed by atoms with Crippen molar-refractivity contribution in [2.75, 3.05) is 22.1 Å². The third-order valence-corrected chi connectivity index (χ3v) is 6.79. The number of nitrogen functional groups attached to an aromatic ring is 2. The molecule has 2 unspecified atom stereocenters. The molecule has 40 heavy (non-hydrogen) atoms. The van der Waals surface area contributed by atoms with Crippen molar-refractivity contribution < 1.29 is 9.59 Å². The molecular formula is C28H30N10O2. The van der Waals surface area contributed by atoms with Gasteiger partial charge in [-0.25, -0.2) is 0 Å². The highest BCUT2D eigenvalue weighted by Crippen LogP contribution is 2.40. The number of nitrogens with one attached hydrogen (secondary N) is 2. The van der Waals surface area contributed by atoms with E-state index in [9.17, 15) is 9.59 Å². The Morgan fingerprint density at radius 2 is 1.15 bits per heavy atom. The summed E-state index contributed by atoms with van der Waals surface area (Å²) in [7, 11) is 0. The summed E-state index contributed by atoms with van der Waals surface area (Å²) in [4.78, 5) is 33.0. The van der Waals surface area contributed by atoms with Gasteiger partial charge in [0.1, 0.15) is 0 Å². The summed E-state index contributed by atoms with van der Waals surface area (Å²) in [5.74, 6) is 0.793. The fourth-order valence-electron chi connectivity index (χ4n) is 4.77. The Morgan fingerprint density at radius 1 is 0.675 bits per heavy atom. The molecule has 12 nitrogen and oxygen atoms in total. The Morgan fingerprint density at radius 3 is 1.52 bits per heavy atom. The number of carbonyl (C=O) groups is 2. The standard InChI is InChI=1S/C28H30N10O2/c29-19-4-6-21(31-15-19)13-27(39)33-25-10-8-23(35-37-25)17-2-1-3-18(12-17)24-9-11-26(38-36-24)34-28(40)14-22-7-5-20(30)16-32-22/h4-11,15-18H,1-3,12-14,29-30H2,(H,33,37,39)(H,34,38,40). The Labute approximate surface area is 231 Å². The molecule has 5 rings (SSSR count). The van der Waals surface area contributed by atoms with Crippen LogP contribution in [0.3, 0.4) is 0 Å². The zero-order valence-corrected chi connectivity index (χ0v) is 21.8. The second-order valence-corrected chi connectivity index (χ2v) is 9.86. The Hall–Kier alpha value is -5.00. The monoisotopic (exact) mass is 538 g/mol. The highest BCUT2D eigenvalue weighted by Gasteiger charge is 2.27. The summed E-state index contributed by atoms with van der Waals surface area (Å²) in [6.45, 7) is 0. The number of amides is 2. The van der Waals surface area contributed by atoms with Gasteiger partial charge in [0.05, 0.1) is 48.0 Å². The van der Waals surface area contributed by atoms with Crippen molar-refractivity contribution in [2.45, 2.75) is 50.4 Å². The quantitative estimate of drug-likeness (QED) is 0.260. The van der Waals surface area contributed by atoms with Crippen molar-refractivity contribution in [1.82, 2.24) is 30.4 Å². The number of carbonyl (C=O) groups excluding carboxylic acids is 2. The highest BCUT2D eigenvalue weighted by molar-refractivity contribution is 5.91. The SMILES string of the molecule is Nc1ccc(CC(=O)Nc2ccc(C3CCCC(c4ccc(NC(=O)Cc5ccc(N)cn5)nn4)C3)nn2)nc1. The van der Waals surface area contributed by atoms with Crippen LogP contribution in [0.5, 0.6) is 0 Å². The van der Waals surface area contributed by atoms with E-state index < -0.39 is 0 Å². The van der Waals surface area contributed by atoms with E-state index in [0.29, 0.717) is 34.4 Å². The molecule has 204 valence electrons. The van der Waals surface area contributed by atoms with E-state index >= 15 is 0 Å². The summed E-state index contributed by atoms with van der Waals surface area (Å²) in [5.41, 5.74) is 15.4. The molecule has 2 amide bonds. The molecule has 2 atom stereocenters. The maximum Gasteiger partial charge on any atom is 0.231 e. The van der Waals surface area contributed by atoms with Crippen LogP contribution in [0.1, 0.15) is 60.3 Å². The number of nitrogens with zero attached hydrogens (tertiary/aromatic N) is 6. The van der Waals surface area contributed by atoms with Gasteiger partial charge in [0.2, 0.25) is 11.8 Å². The molecule has 4 heterocycles. The Kier molecular flexibility index (Phi) is 8.14. The van der Waals surface area contributed by atoms with Gasteiger partial charge in [0.25, 0.3) is 0 Å². The molecule has 1 fully saturated rings. The molecule has 0 spiro atoms. The Bertz CT molecular complexity index is 1330. The van der Waals surface area contributed by atoms with Crippen molar-refractivity contribution in [3.8, 4) is 0 Å². The van der Waals surface area contributed by atoms with E-state index in [0.717, 1.165) is 37.1 Å². The predicted octanol–water partition coefficient (Wildman–Crippen LogP) is 3.02. The summed E-state index contributed by atoms with van der Waals surface area (Å²) in [6.07, 6.45) is 7.19. The van der Waals surface area contributed by atoms with E-state index in [2.05, 4.69) is 41.0 Å². The number of nitrogens with two attached hydrogens (primary N) is 2. The summed E-state index contributed by atoms with van der Waals surface area (Å²) >= 11 is 0. The number of pyridine rings is 2. The number of hydrogen-bond donors (Lipinski definition) is 4. The van der Waals surface area contributed by atoms with Crippen molar-refractivity contribution in [2.24, 2.45) is 0 Å². The lowest BCUT2D eigenvalue weighted by Crippen LogP contribution is -2.19. The smallest absolute Gasteiger partial charge is 0.231 e. The van der Waals surface area contributed by atoms with Crippen LogP contribution in [0.25, 0.3) is 0 Å². The van der Waals surface area contributed by atoms with Gasteiger partial charge in [-0.3, -0.25) is 19.6 Å². The molecule has 0 bridgehead atoms. The molecule has 0 aliphatic heterocycles. The van der Waals surface area contributed by atoms with Gasteiger partial charge in [-0.1, -0.05) is 6.42 Å². The number of hydrogen-bond acceptors (Lipinski definition) is 10. The molecule has 0 aromatic carbocycles. The molecule has 6 N–H and O–H groups in total. The maximum atomic E-state index is 12.3. The minimum absolute atomic E-state index is 0.122. The maximum absolute atomic E-state index is 12.3. The average molecular weight is 539 g/mol. The van der Waals surface area contributed by atoms with Crippen molar-refractivity contribution in [3.63, 3.8) is 0 Å². The van der Waals surface area contributed by atoms with E-state index in [1.165, 1.54) is 12.4 Å². The van der Waals surface area contributed by atoms with E-state index in [-0.39, 0.29) is 36.5 Å². The molecule has 12 heteroatoms.